The van der Waals surface area contributed by atoms with Gasteiger partial charge in [-0.2, -0.15) is 13.2 Å². The number of ether oxygens (including phenoxy) is 6. The summed E-state index contributed by atoms with van der Waals surface area (Å²) in [6.45, 7) is -0.347. The zero-order valence-electron chi connectivity index (χ0n) is 23.9. The van der Waals surface area contributed by atoms with Crippen molar-refractivity contribution < 1.29 is 92.3 Å². The van der Waals surface area contributed by atoms with Crippen LogP contribution in [0.5, 0.6) is 5.75 Å². The first-order valence-corrected chi connectivity index (χ1v) is 14.0. The lowest BCUT2D eigenvalue weighted by atomic mass is 9.96. The standard InChI is InChI=1S/C26H36F3NO16/c1-8-13(33)16(36)18(38)22(41-8)46-21-20(45-23-19(39)17(37)14(34)11(6-31)43-23)15(35)12(7-32)44-24(21)42-10-4-2-9(3-5-10)30-25(40)26(27,28)29/h2-5,8,11-24,31-39H,6-7H2,1H3,(H,30,40)/t8-,11+,12+,13-,14+,15-,16+,17-,18+,19-,20-,21+,22-,23+,24+/m0/s1. The van der Waals surface area contributed by atoms with E-state index in [1.807, 2.05) is 0 Å². The molecule has 3 saturated heterocycles. The van der Waals surface area contributed by atoms with Gasteiger partial charge in [0.15, 0.2) is 18.7 Å². The van der Waals surface area contributed by atoms with Crippen LogP contribution in [0.1, 0.15) is 6.92 Å². The Bertz CT molecular complexity index is 1150. The van der Waals surface area contributed by atoms with E-state index in [4.69, 9.17) is 28.4 Å². The van der Waals surface area contributed by atoms with Crippen molar-refractivity contribution in [3.05, 3.63) is 24.3 Å². The zero-order valence-corrected chi connectivity index (χ0v) is 23.9. The van der Waals surface area contributed by atoms with E-state index < -0.39 is 117 Å². The van der Waals surface area contributed by atoms with Gasteiger partial charge < -0.3 is 79.7 Å². The summed E-state index contributed by atoms with van der Waals surface area (Å²) in [7, 11) is 0. The minimum atomic E-state index is -5.15. The van der Waals surface area contributed by atoms with Crippen LogP contribution in [0.3, 0.4) is 0 Å². The minimum Gasteiger partial charge on any atom is -0.462 e. The molecule has 4 rings (SSSR count). The summed E-state index contributed by atoms with van der Waals surface area (Å²) in [5, 5.41) is 94.1. The Morgan fingerprint density at radius 3 is 1.78 bits per heavy atom. The molecule has 10 N–H and O–H groups in total. The number of benzene rings is 1. The van der Waals surface area contributed by atoms with E-state index in [9.17, 15) is 63.9 Å². The summed E-state index contributed by atoms with van der Waals surface area (Å²) < 4.78 is 71.8. The van der Waals surface area contributed by atoms with Gasteiger partial charge in [0.2, 0.25) is 6.29 Å². The molecule has 0 bridgehead atoms. The van der Waals surface area contributed by atoms with Crippen LogP contribution >= 0.6 is 0 Å². The summed E-state index contributed by atoms with van der Waals surface area (Å²) in [6.07, 6.45) is -30.7. The third-order valence-electron chi connectivity index (χ3n) is 7.66. The molecule has 262 valence electrons. The third kappa shape index (κ3) is 7.88. The number of aliphatic hydroxyl groups is 9. The molecule has 1 amide bonds. The highest BCUT2D eigenvalue weighted by molar-refractivity contribution is 5.94. The highest BCUT2D eigenvalue weighted by Crippen LogP contribution is 2.34. The van der Waals surface area contributed by atoms with Crippen LogP contribution in [0.4, 0.5) is 18.9 Å². The number of hydrogen-bond donors (Lipinski definition) is 10. The molecule has 3 aliphatic rings. The van der Waals surface area contributed by atoms with Crippen molar-refractivity contribution >= 4 is 11.6 Å². The van der Waals surface area contributed by atoms with E-state index >= 15 is 0 Å². The number of carbonyl (C=O) groups excluding carboxylic acids is 1. The normalized spacial score (nSPS) is 42.0. The molecule has 20 heteroatoms. The minimum absolute atomic E-state index is 0.128. The van der Waals surface area contributed by atoms with E-state index in [-0.39, 0.29) is 11.4 Å². The quantitative estimate of drug-likeness (QED) is 0.120. The van der Waals surface area contributed by atoms with Gasteiger partial charge in [0.05, 0.1) is 19.3 Å². The highest BCUT2D eigenvalue weighted by Gasteiger charge is 2.54. The van der Waals surface area contributed by atoms with E-state index in [0.29, 0.717) is 0 Å². The van der Waals surface area contributed by atoms with Crippen molar-refractivity contribution in [2.24, 2.45) is 0 Å². The average molecular weight is 676 g/mol. The predicted molar refractivity (Wildman–Crippen MR) is 139 cm³/mol. The lowest BCUT2D eigenvalue weighted by Crippen LogP contribution is -2.67. The molecule has 0 saturated carbocycles. The second-order valence-electron chi connectivity index (χ2n) is 10.9. The molecule has 0 aliphatic carbocycles. The van der Waals surface area contributed by atoms with Gasteiger partial charge >= 0.3 is 12.1 Å². The first-order valence-electron chi connectivity index (χ1n) is 14.0. The fraction of sp³-hybridized carbons (Fsp3) is 0.731. The Balaban J connectivity index is 1.64. The van der Waals surface area contributed by atoms with E-state index in [1.54, 1.807) is 5.32 Å². The van der Waals surface area contributed by atoms with Crippen LogP contribution < -0.4 is 10.1 Å². The Hall–Kier alpha value is -2.28. The molecule has 1 aromatic rings. The molecule has 0 spiro atoms. The molecule has 3 fully saturated rings. The Labute approximate surface area is 258 Å². The van der Waals surface area contributed by atoms with Crippen molar-refractivity contribution in [3.8, 4) is 5.75 Å². The zero-order chi connectivity index (χ0) is 34.1. The Morgan fingerprint density at radius 1 is 0.717 bits per heavy atom. The summed E-state index contributed by atoms with van der Waals surface area (Å²) in [6, 6.07) is 4.33. The average Bonchev–Trinajstić information content (AvgIpc) is 3.01. The predicted octanol–water partition coefficient (Wildman–Crippen LogP) is -3.96. The van der Waals surface area contributed by atoms with Gasteiger partial charge in [0.25, 0.3) is 0 Å². The topological polar surface area (TPSA) is 267 Å². The van der Waals surface area contributed by atoms with E-state index in [2.05, 4.69) is 0 Å². The Kier molecular flexibility index (Phi) is 11.8. The van der Waals surface area contributed by atoms with Gasteiger partial charge in [-0.05, 0) is 31.2 Å². The SMILES string of the molecule is C[C@@H]1O[C@@H](O[C@H]2[C@H](Oc3ccc(NC(=O)C(F)(F)F)cc3)O[C@H](CO)[C@H](O)[C@@H]2O[C@H]2O[C@H](CO)[C@@H](O)[C@H](O)[C@@H]2O)[C@H](O)[C@H](O)[C@H]1O. The molecule has 46 heavy (non-hydrogen) atoms. The van der Waals surface area contributed by atoms with Crippen LogP contribution in [-0.2, 0) is 28.5 Å². The lowest BCUT2D eigenvalue weighted by molar-refractivity contribution is -0.383. The molecule has 0 aromatic heterocycles. The largest absolute Gasteiger partial charge is 0.471 e. The fourth-order valence-corrected chi connectivity index (χ4v) is 5.00. The molecule has 0 radical (unpaired) electrons. The van der Waals surface area contributed by atoms with Crippen LogP contribution in [-0.4, -0.2) is 163 Å². The summed E-state index contributed by atoms with van der Waals surface area (Å²) >= 11 is 0. The molecule has 3 aliphatic heterocycles. The van der Waals surface area contributed by atoms with Crippen molar-refractivity contribution in [3.63, 3.8) is 0 Å². The van der Waals surface area contributed by atoms with Crippen LogP contribution in [0.15, 0.2) is 24.3 Å². The van der Waals surface area contributed by atoms with Crippen molar-refractivity contribution in [1.82, 2.24) is 0 Å². The molecule has 0 unspecified atom stereocenters. The molecular formula is C26H36F3NO16. The summed E-state index contributed by atoms with van der Waals surface area (Å²) in [4.78, 5) is 11.3. The molecule has 3 heterocycles. The number of anilines is 1. The van der Waals surface area contributed by atoms with Crippen LogP contribution in [0, 0.1) is 0 Å². The van der Waals surface area contributed by atoms with Crippen molar-refractivity contribution in [2.45, 2.75) is 105 Å². The first-order chi connectivity index (χ1) is 21.6. The number of halogens is 3. The molecule has 1 aromatic carbocycles. The third-order valence-corrected chi connectivity index (χ3v) is 7.66. The van der Waals surface area contributed by atoms with E-state index in [1.165, 1.54) is 6.92 Å². The van der Waals surface area contributed by atoms with Gasteiger partial charge in [-0.1, -0.05) is 0 Å². The van der Waals surface area contributed by atoms with Gasteiger partial charge in [-0.3, -0.25) is 4.79 Å². The van der Waals surface area contributed by atoms with Gasteiger partial charge in [0, 0.05) is 5.69 Å². The maximum absolute atomic E-state index is 12.6. The number of carbonyl (C=O) groups is 1. The monoisotopic (exact) mass is 675 g/mol. The van der Waals surface area contributed by atoms with Crippen LogP contribution in [0.25, 0.3) is 0 Å². The van der Waals surface area contributed by atoms with Crippen molar-refractivity contribution in [2.75, 3.05) is 18.5 Å². The summed E-state index contributed by atoms with van der Waals surface area (Å²) in [5.41, 5.74) is -0.264. The maximum Gasteiger partial charge on any atom is 0.471 e. The maximum atomic E-state index is 12.6. The molecule has 15 atom stereocenters. The molecule has 17 nitrogen and oxygen atoms in total. The second kappa shape index (κ2) is 14.9. The number of nitrogens with one attached hydrogen (secondary N) is 1. The van der Waals surface area contributed by atoms with Gasteiger partial charge in [0.1, 0.15) is 66.8 Å². The highest BCUT2D eigenvalue weighted by atomic mass is 19.4. The van der Waals surface area contributed by atoms with Crippen molar-refractivity contribution in [1.29, 1.82) is 0 Å². The molecular weight excluding hydrogens is 639 g/mol. The van der Waals surface area contributed by atoms with Gasteiger partial charge in [-0.15, -0.1) is 0 Å². The number of hydrogen-bond acceptors (Lipinski definition) is 16. The number of alkyl halides is 3. The number of rotatable bonds is 9. The van der Waals surface area contributed by atoms with Gasteiger partial charge in [-0.25, -0.2) is 0 Å². The van der Waals surface area contributed by atoms with E-state index in [0.717, 1.165) is 24.3 Å². The number of aliphatic hydroxyl groups excluding tert-OH is 9. The smallest absolute Gasteiger partial charge is 0.462 e. The number of amides is 1. The lowest BCUT2D eigenvalue weighted by Gasteiger charge is -2.48. The first kappa shape index (κ1) is 36.6. The van der Waals surface area contributed by atoms with Crippen LogP contribution in [0.2, 0.25) is 0 Å². The second-order valence-corrected chi connectivity index (χ2v) is 10.9. The fourth-order valence-electron chi connectivity index (χ4n) is 5.00. The summed E-state index contributed by atoms with van der Waals surface area (Å²) in [5.74, 6) is -2.36. The Morgan fingerprint density at radius 2 is 1.22 bits per heavy atom.